The summed E-state index contributed by atoms with van der Waals surface area (Å²) in [6.45, 7) is 2.08. The fraction of sp³-hybridized carbons (Fsp3) is 0.0588. The quantitative estimate of drug-likeness (QED) is 0.704. The van der Waals surface area contributed by atoms with Gasteiger partial charge in [0.15, 0.2) is 0 Å². The van der Waals surface area contributed by atoms with Crippen LogP contribution in [0.15, 0.2) is 70.5 Å². The highest BCUT2D eigenvalue weighted by Gasteiger charge is 2.10. The minimum atomic E-state index is 0.370. The van der Waals surface area contributed by atoms with Gasteiger partial charge in [0, 0.05) is 10.3 Å². The lowest BCUT2D eigenvalue weighted by atomic mass is 10.0. The SMILES string of the molecule is Cc1cc(Sc2ccccc2)c(O)c2ccccc12. The van der Waals surface area contributed by atoms with Gasteiger partial charge in [0.25, 0.3) is 0 Å². The molecule has 19 heavy (non-hydrogen) atoms. The first-order valence-electron chi connectivity index (χ1n) is 6.20. The smallest absolute Gasteiger partial charge is 0.137 e. The minimum Gasteiger partial charge on any atom is -0.506 e. The number of benzene rings is 3. The van der Waals surface area contributed by atoms with Crippen molar-refractivity contribution in [3.63, 3.8) is 0 Å². The van der Waals surface area contributed by atoms with Gasteiger partial charge in [-0.3, -0.25) is 0 Å². The van der Waals surface area contributed by atoms with Gasteiger partial charge in [-0.05, 0) is 36.1 Å². The molecule has 3 rings (SSSR count). The third kappa shape index (κ3) is 2.32. The van der Waals surface area contributed by atoms with Gasteiger partial charge < -0.3 is 5.11 Å². The highest BCUT2D eigenvalue weighted by molar-refractivity contribution is 7.99. The van der Waals surface area contributed by atoms with E-state index in [0.717, 1.165) is 20.6 Å². The third-order valence-electron chi connectivity index (χ3n) is 3.16. The van der Waals surface area contributed by atoms with Crippen molar-refractivity contribution in [1.29, 1.82) is 0 Å². The van der Waals surface area contributed by atoms with Gasteiger partial charge in [-0.1, -0.05) is 54.2 Å². The second-order valence-electron chi connectivity index (χ2n) is 4.50. The molecule has 0 aliphatic rings. The van der Waals surface area contributed by atoms with Crippen molar-refractivity contribution in [3.8, 4) is 5.75 Å². The van der Waals surface area contributed by atoms with Crippen molar-refractivity contribution >= 4 is 22.5 Å². The first kappa shape index (κ1) is 12.1. The number of hydrogen-bond donors (Lipinski definition) is 1. The monoisotopic (exact) mass is 266 g/mol. The Hall–Kier alpha value is -1.93. The van der Waals surface area contributed by atoms with Gasteiger partial charge in [0.05, 0.1) is 4.90 Å². The van der Waals surface area contributed by atoms with E-state index in [4.69, 9.17) is 0 Å². The number of fused-ring (bicyclic) bond motifs is 1. The molecule has 0 unspecified atom stereocenters. The second-order valence-corrected chi connectivity index (χ2v) is 5.62. The average Bonchev–Trinajstić information content (AvgIpc) is 2.46. The molecule has 2 heteroatoms. The molecule has 3 aromatic carbocycles. The predicted molar refractivity (Wildman–Crippen MR) is 80.9 cm³/mol. The molecular formula is C17H14OS. The van der Waals surface area contributed by atoms with Gasteiger partial charge in [0.1, 0.15) is 5.75 Å². The van der Waals surface area contributed by atoms with Gasteiger partial charge in [0.2, 0.25) is 0 Å². The molecule has 94 valence electrons. The normalized spacial score (nSPS) is 10.8. The highest BCUT2D eigenvalue weighted by atomic mass is 32.2. The van der Waals surface area contributed by atoms with Crippen molar-refractivity contribution in [2.45, 2.75) is 16.7 Å². The van der Waals surface area contributed by atoms with E-state index in [-0.39, 0.29) is 0 Å². The molecule has 1 N–H and O–H groups in total. The molecule has 0 fully saturated rings. The Balaban J connectivity index is 2.12. The molecule has 0 bridgehead atoms. The average molecular weight is 266 g/mol. The Bertz CT molecular complexity index is 720. The number of rotatable bonds is 2. The zero-order chi connectivity index (χ0) is 13.2. The number of phenols is 1. The van der Waals surface area contributed by atoms with Crippen molar-refractivity contribution in [3.05, 3.63) is 66.2 Å². The van der Waals surface area contributed by atoms with E-state index in [1.54, 1.807) is 11.8 Å². The van der Waals surface area contributed by atoms with E-state index in [2.05, 4.69) is 25.1 Å². The van der Waals surface area contributed by atoms with Crippen LogP contribution in [0.1, 0.15) is 5.56 Å². The fourth-order valence-corrected chi connectivity index (χ4v) is 3.19. The van der Waals surface area contributed by atoms with Crippen molar-refractivity contribution in [2.24, 2.45) is 0 Å². The minimum absolute atomic E-state index is 0.370. The molecule has 0 aliphatic carbocycles. The molecule has 0 spiro atoms. The van der Waals surface area contributed by atoms with Crippen molar-refractivity contribution in [1.82, 2.24) is 0 Å². The number of hydrogen-bond acceptors (Lipinski definition) is 2. The van der Waals surface area contributed by atoms with Gasteiger partial charge in [-0.15, -0.1) is 0 Å². The maximum atomic E-state index is 10.4. The van der Waals surface area contributed by atoms with Crippen LogP contribution in [-0.2, 0) is 0 Å². The summed E-state index contributed by atoms with van der Waals surface area (Å²) in [5.41, 5.74) is 1.19. The molecule has 3 aromatic rings. The fourth-order valence-electron chi connectivity index (χ4n) is 2.20. The van der Waals surface area contributed by atoms with E-state index in [1.165, 1.54) is 5.56 Å². The Morgan fingerprint density at radius 1 is 0.842 bits per heavy atom. The number of aryl methyl sites for hydroxylation is 1. The molecule has 0 atom stereocenters. The van der Waals surface area contributed by atoms with Crippen LogP contribution < -0.4 is 0 Å². The van der Waals surface area contributed by atoms with E-state index < -0.39 is 0 Å². The number of phenolic OH excluding ortho intramolecular Hbond substituents is 1. The first-order chi connectivity index (χ1) is 9.25. The maximum Gasteiger partial charge on any atom is 0.137 e. The van der Waals surface area contributed by atoms with Gasteiger partial charge in [-0.2, -0.15) is 0 Å². The third-order valence-corrected chi connectivity index (χ3v) is 4.20. The van der Waals surface area contributed by atoms with Crippen LogP contribution in [0.25, 0.3) is 10.8 Å². The number of aromatic hydroxyl groups is 1. The van der Waals surface area contributed by atoms with E-state index in [1.807, 2.05) is 42.5 Å². The topological polar surface area (TPSA) is 20.2 Å². The molecule has 0 radical (unpaired) electrons. The molecule has 0 saturated carbocycles. The summed E-state index contributed by atoms with van der Waals surface area (Å²) in [6.07, 6.45) is 0. The second kappa shape index (κ2) is 4.98. The summed E-state index contributed by atoms with van der Waals surface area (Å²) >= 11 is 1.59. The lowest BCUT2D eigenvalue weighted by Crippen LogP contribution is -1.83. The molecule has 0 heterocycles. The Kier molecular flexibility index (Phi) is 3.18. The molecule has 0 aliphatic heterocycles. The van der Waals surface area contributed by atoms with Crippen LogP contribution in [0.4, 0.5) is 0 Å². The maximum absolute atomic E-state index is 10.4. The summed E-state index contributed by atoms with van der Waals surface area (Å²) < 4.78 is 0. The highest BCUT2D eigenvalue weighted by Crippen LogP contribution is 2.40. The molecular weight excluding hydrogens is 252 g/mol. The van der Waals surface area contributed by atoms with Gasteiger partial charge >= 0.3 is 0 Å². The summed E-state index contributed by atoms with van der Waals surface area (Å²) in [6, 6.07) is 20.1. The predicted octanol–water partition coefficient (Wildman–Crippen LogP) is 5.01. The molecule has 0 saturated heterocycles. The Morgan fingerprint density at radius 3 is 2.21 bits per heavy atom. The van der Waals surface area contributed by atoms with E-state index in [9.17, 15) is 5.11 Å². The van der Waals surface area contributed by atoms with Crippen molar-refractivity contribution in [2.75, 3.05) is 0 Å². The van der Waals surface area contributed by atoms with E-state index in [0.29, 0.717) is 5.75 Å². The zero-order valence-corrected chi connectivity index (χ0v) is 11.4. The van der Waals surface area contributed by atoms with Crippen LogP contribution in [-0.4, -0.2) is 5.11 Å². The first-order valence-corrected chi connectivity index (χ1v) is 7.01. The summed E-state index contributed by atoms with van der Waals surface area (Å²) in [5.74, 6) is 0.370. The molecule has 0 amide bonds. The van der Waals surface area contributed by atoms with E-state index >= 15 is 0 Å². The van der Waals surface area contributed by atoms with Crippen LogP contribution >= 0.6 is 11.8 Å². The van der Waals surface area contributed by atoms with Crippen LogP contribution in [0.2, 0.25) is 0 Å². The largest absolute Gasteiger partial charge is 0.506 e. The summed E-state index contributed by atoms with van der Waals surface area (Å²) in [4.78, 5) is 2.04. The molecule has 1 nitrogen and oxygen atoms in total. The van der Waals surface area contributed by atoms with Gasteiger partial charge in [-0.25, -0.2) is 0 Å². The van der Waals surface area contributed by atoms with Crippen molar-refractivity contribution < 1.29 is 5.11 Å². The Morgan fingerprint density at radius 2 is 1.47 bits per heavy atom. The lowest BCUT2D eigenvalue weighted by Gasteiger charge is -2.10. The zero-order valence-electron chi connectivity index (χ0n) is 10.6. The lowest BCUT2D eigenvalue weighted by molar-refractivity contribution is 0.469. The Labute approximate surface area is 116 Å². The molecule has 0 aromatic heterocycles. The summed E-state index contributed by atoms with van der Waals surface area (Å²) in [7, 11) is 0. The summed E-state index contributed by atoms with van der Waals surface area (Å²) in [5, 5.41) is 12.4. The van der Waals surface area contributed by atoms with Crippen LogP contribution in [0.3, 0.4) is 0 Å². The van der Waals surface area contributed by atoms with Crippen LogP contribution in [0, 0.1) is 6.92 Å². The van der Waals surface area contributed by atoms with Crippen LogP contribution in [0.5, 0.6) is 5.75 Å². The standard InChI is InChI=1S/C17H14OS/c1-12-11-16(19-13-7-3-2-4-8-13)17(18)15-10-6-5-9-14(12)15/h2-11,18H,1H3.